The fraction of sp³-hybridized carbons (Fsp3) is 0.700. The molecule has 15 heavy (non-hydrogen) atoms. The smallest absolute Gasteiger partial charge is 0.273 e. The fourth-order valence-electron chi connectivity index (χ4n) is 2.43. The van der Waals surface area contributed by atoms with Gasteiger partial charge in [-0.05, 0) is 25.0 Å². The molecule has 0 aliphatic carbocycles. The van der Waals surface area contributed by atoms with Gasteiger partial charge in [-0.2, -0.15) is 0 Å². The van der Waals surface area contributed by atoms with Crippen molar-refractivity contribution >= 4 is 11.6 Å². The van der Waals surface area contributed by atoms with Gasteiger partial charge in [-0.25, -0.2) is 0 Å². The molecule has 2 saturated heterocycles. The van der Waals surface area contributed by atoms with Crippen LogP contribution in [0.4, 0.5) is 0 Å². The molecule has 4 nitrogen and oxygen atoms in total. The maximum absolute atomic E-state index is 5.99. The Kier molecular flexibility index (Phi) is 2.14. The number of aryl methyl sites for hydroxylation is 1. The van der Waals surface area contributed by atoms with Gasteiger partial charge >= 0.3 is 0 Å². The first-order chi connectivity index (χ1) is 7.24. The summed E-state index contributed by atoms with van der Waals surface area (Å²) in [6.45, 7) is 5.13. The number of aromatic nitrogens is 1. The largest absolute Gasteiger partial charge is 0.469 e. The molecule has 2 aliphatic heterocycles. The summed E-state index contributed by atoms with van der Waals surface area (Å²) in [4.78, 5) is 2.41. The maximum atomic E-state index is 5.99. The van der Waals surface area contributed by atoms with Gasteiger partial charge in [0.2, 0.25) is 0 Å². The predicted octanol–water partition coefficient (Wildman–Crippen LogP) is 1.72. The van der Waals surface area contributed by atoms with E-state index in [-0.39, 0.29) is 6.10 Å². The molecule has 3 atom stereocenters. The number of fused-ring (bicyclic) bond motifs is 2. The van der Waals surface area contributed by atoms with Crippen molar-refractivity contribution in [3.63, 3.8) is 0 Å². The Hall–Kier alpha value is -0.740. The van der Waals surface area contributed by atoms with Gasteiger partial charge in [0.1, 0.15) is 11.1 Å². The summed E-state index contributed by atoms with van der Waals surface area (Å²) in [5, 5.41) is 4.32. The molecule has 2 aliphatic rings. The summed E-state index contributed by atoms with van der Waals surface area (Å²) in [6.07, 6.45) is 1.46. The number of piperidine rings is 1. The SMILES string of the molecule is Cc1onc(OC2CN3CCC2C3)c1Cl. The third-order valence-electron chi connectivity index (χ3n) is 3.30. The van der Waals surface area contributed by atoms with Crippen molar-refractivity contribution in [1.29, 1.82) is 0 Å². The number of halogens is 1. The Balaban J connectivity index is 1.73. The Morgan fingerprint density at radius 3 is 2.93 bits per heavy atom. The highest BCUT2D eigenvalue weighted by Gasteiger charge is 2.40. The highest BCUT2D eigenvalue weighted by molar-refractivity contribution is 6.32. The zero-order chi connectivity index (χ0) is 10.4. The quantitative estimate of drug-likeness (QED) is 0.773. The molecule has 2 fully saturated rings. The van der Waals surface area contributed by atoms with Crippen molar-refractivity contribution in [2.45, 2.75) is 19.4 Å². The van der Waals surface area contributed by atoms with E-state index in [1.807, 2.05) is 0 Å². The van der Waals surface area contributed by atoms with Gasteiger partial charge in [-0.15, -0.1) is 0 Å². The van der Waals surface area contributed by atoms with Gasteiger partial charge < -0.3 is 9.26 Å². The summed E-state index contributed by atoms with van der Waals surface area (Å²) < 4.78 is 10.7. The Bertz CT molecular complexity index is 379. The number of hydrogen-bond donors (Lipinski definition) is 0. The number of nitrogens with zero attached hydrogens (tertiary/aromatic N) is 2. The topological polar surface area (TPSA) is 38.5 Å². The fourth-order valence-corrected chi connectivity index (χ4v) is 2.54. The molecule has 2 bridgehead atoms. The zero-order valence-corrected chi connectivity index (χ0v) is 9.33. The van der Waals surface area contributed by atoms with E-state index in [2.05, 4.69) is 10.1 Å². The summed E-state index contributed by atoms with van der Waals surface area (Å²) in [7, 11) is 0. The molecule has 3 unspecified atom stereocenters. The van der Waals surface area contributed by atoms with Gasteiger partial charge in [0, 0.05) is 19.0 Å². The third kappa shape index (κ3) is 1.52. The van der Waals surface area contributed by atoms with Crippen molar-refractivity contribution in [1.82, 2.24) is 10.1 Å². The van der Waals surface area contributed by atoms with Crippen LogP contribution in [0.15, 0.2) is 4.52 Å². The number of ether oxygens (including phenoxy) is 1. The van der Waals surface area contributed by atoms with Crippen molar-refractivity contribution in [3.05, 3.63) is 10.8 Å². The van der Waals surface area contributed by atoms with E-state index in [0.29, 0.717) is 22.6 Å². The molecule has 0 aromatic carbocycles. The van der Waals surface area contributed by atoms with Crippen LogP contribution in [0.25, 0.3) is 0 Å². The molecule has 3 rings (SSSR count). The van der Waals surface area contributed by atoms with Crippen molar-refractivity contribution < 1.29 is 9.26 Å². The van der Waals surface area contributed by atoms with Crippen LogP contribution in [-0.4, -0.2) is 35.8 Å². The summed E-state index contributed by atoms with van der Waals surface area (Å²) in [5.74, 6) is 1.71. The highest BCUT2D eigenvalue weighted by Crippen LogP contribution is 2.34. The Morgan fingerprint density at radius 2 is 2.40 bits per heavy atom. The normalized spacial score (nSPS) is 33.6. The lowest BCUT2D eigenvalue weighted by Crippen LogP contribution is -2.32. The standard InChI is InChI=1S/C10H13ClN2O2/c1-6-9(11)10(12-15-6)14-8-5-13-3-2-7(8)4-13/h7-8H,2-5H2,1H3. The molecule has 0 amide bonds. The molecular weight excluding hydrogens is 216 g/mol. The van der Waals surface area contributed by atoms with Gasteiger partial charge in [-0.3, -0.25) is 4.90 Å². The predicted molar refractivity (Wildman–Crippen MR) is 55.2 cm³/mol. The molecular formula is C10H13ClN2O2. The van der Waals surface area contributed by atoms with Crippen molar-refractivity contribution in [2.24, 2.45) is 5.92 Å². The maximum Gasteiger partial charge on any atom is 0.273 e. The zero-order valence-electron chi connectivity index (χ0n) is 8.57. The molecule has 1 aromatic rings. The first kappa shape index (κ1) is 9.48. The van der Waals surface area contributed by atoms with Gasteiger partial charge in [0.15, 0.2) is 5.76 Å². The van der Waals surface area contributed by atoms with Gasteiger partial charge in [0.25, 0.3) is 5.88 Å². The van der Waals surface area contributed by atoms with Crippen LogP contribution in [0.5, 0.6) is 5.88 Å². The average molecular weight is 229 g/mol. The lowest BCUT2D eigenvalue weighted by atomic mass is 10.0. The minimum absolute atomic E-state index is 0.237. The third-order valence-corrected chi connectivity index (χ3v) is 3.73. The first-order valence-electron chi connectivity index (χ1n) is 5.25. The average Bonchev–Trinajstić information content (AvgIpc) is 2.89. The van der Waals surface area contributed by atoms with Crippen LogP contribution in [0.3, 0.4) is 0 Å². The summed E-state index contributed by atoms with van der Waals surface area (Å²) >= 11 is 5.99. The lowest BCUT2D eigenvalue weighted by molar-refractivity contribution is 0.130. The minimum atomic E-state index is 0.237. The Labute approximate surface area is 93.1 Å². The van der Waals surface area contributed by atoms with Gasteiger partial charge in [-0.1, -0.05) is 11.6 Å². The van der Waals surface area contributed by atoms with E-state index in [1.165, 1.54) is 13.0 Å². The van der Waals surface area contributed by atoms with E-state index >= 15 is 0 Å². The minimum Gasteiger partial charge on any atom is -0.469 e. The van der Waals surface area contributed by atoms with Crippen LogP contribution >= 0.6 is 11.6 Å². The van der Waals surface area contributed by atoms with Crippen molar-refractivity contribution in [3.8, 4) is 5.88 Å². The molecule has 1 aromatic heterocycles. The van der Waals surface area contributed by atoms with E-state index in [1.54, 1.807) is 6.92 Å². The van der Waals surface area contributed by atoms with Crippen LogP contribution in [0, 0.1) is 12.8 Å². The summed E-state index contributed by atoms with van der Waals surface area (Å²) in [5.41, 5.74) is 0. The van der Waals surface area contributed by atoms with E-state index in [0.717, 1.165) is 13.1 Å². The number of hydrogen-bond acceptors (Lipinski definition) is 4. The van der Waals surface area contributed by atoms with Crippen LogP contribution in [0.2, 0.25) is 5.02 Å². The molecule has 5 heteroatoms. The molecule has 82 valence electrons. The molecule has 0 saturated carbocycles. The van der Waals surface area contributed by atoms with Crippen LogP contribution in [-0.2, 0) is 0 Å². The second kappa shape index (κ2) is 3.39. The molecule has 3 heterocycles. The molecule has 0 spiro atoms. The highest BCUT2D eigenvalue weighted by atomic mass is 35.5. The van der Waals surface area contributed by atoms with E-state index in [9.17, 15) is 0 Å². The number of rotatable bonds is 2. The van der Waals surface area contributed by atoms with Crippen LogP contribution in [0.1, 0.15) is 12.2 Å². The lowest BCUT2D eigenvalue weighted by Gasteiger charge is -2.21. The second-order valence-electron chi connectivity index (χ2n) is 4.32. The second-order valence-corrected chi connectivity index (χ2v) is 4.70. The Morgan fingerprint density at radius 1 is 1.53 bits per heavy atom. The molecule has 0 radical (unpaired) electrons. The molecule has 0 N–H and O–H groups in total. The van der Waals surface area contributed by atoms with E-state index in [4.69, 9.17) is 20.9 Å². The van der Waals surface area contributed by atoms with Gasteiger partial charge in [0.05, 0.1) is 0 Å². The first-order valence-corrected chi connectivity index (χ1v) is 5.62. The van der Waals surface area contributed by atoms with E-state index < -0.39 is 0 Å². The monoisotopic (exact) mass is 228 g/mol. The van der Waals surface area contributed by atoms with Crippen molar-refractivity contribution in [2.75, 3.05) is 19.6 Å². The van der Waals surface area contributed by atoms with Crippen LogP contribution < -0.4 is 4.74 Å². The summed E-state index contributed by atoms with van der Waals surface area (Å²) in [6, 6.07) is 0.